The lowest BCUT2D eigenvalue weighted by atomic mass is 9.78. The molecule has 3 heteroatoms. The first kappa shape index (κ1) is 10.9. The maximum absolute atomic E-state index is 12.2. The second-order valence-electron chi connectivity index (χ2n) is 5.89. The molecule has 1 amide bonds. The van der Waals surface area contributed by atoms with E-state index < -0.39 is 0 Å². The van der Waals surface area contributed by atoms with Gasteiger partial charge in [0.15, 0.2) is 0 Å². The van der Waals surface area contributed by atoms with Crippen molar-refractivity contribution in [2.75, 3.05) is 5.88 Å². The van der Waals surface area contributed by atoms with Gasteiger partial charge in [-0.15, -0.1) is 11.6 Å². The van der Waals surface area contributed by atoms with Crippen molar-refractivity contribution >= 4 is 17.5 Å². The summed E-state index contributed by atoms with van der Waals surface area (Å²) in [6.45, 7) is 0. The Hall–Kier alpha value is -0.240. The third kappa shape index (κ3) is 1.66. The fraction of sp³-hybridized carbons (Fsp3) is 0.923. The zero-order chi connectivity index (χ0) is 11.2. The van der Waals surface area contributed by atoms with Gasteiger partial charge in [0.1, 0.15) is 0 Å². The summed E-state index contributed by atoms with van der Waals surface area (Å²) in [4.78, 5) is 12.2. The van der Waals surface area contributed by atoms with Crippen LogP contribution >= 0.6 is 11.6 Å². The number of fused-ring (bicyclic) bond motifs is 1. The van der Waals surface area contributed by atoms with Crippen LogP contribution in [0, 0.1) is 17.8 Å². The average molecular weight is 242 g/mol. The number of hydrogen-bond acceptors (Lipinski definition) is 1. The van der Waals surface area contributed by atoms with Crippen LogP contribution in [0.5, 0.6) is 0 Å². The molecule has 0 spiro atoms. The van der Waals surface area contributed by atoms with Crippen molar-refractivity contribution < 1.29 is 4.79 Å². The van der Waals surface area contributed by atoms with Gasteiger partial charge in [0, 0.05) is 11.8 Å². The maximum atomic E-state index is 12.2. The molecule has 0 aromatic rings. The van der Waals surface area contributed by atoms with E-state index in [1.807, 2.05) is 0 Å². The topological polar surface area (TPSA) is 29.1 Å². The van der Waals surface area contributed by atoms with E-state index in [0.29, 0.717) is 29.5 Å². The van der Waals surface area contributed by atoms with E-state index in [4.69, 9.17) is 11.6 Å². The number of nitrogens with one attached hydrogen (secondary N) is 1. The Balaban J connectivity index is 1.58. The molecule has 2 atom stereocenters. The highest BCUT2D eigenvalue weighted by molar-refractivity contribution is 6.18. The SMILES string of the molecule is O=C(NC1(CCl)CCC1)C1C2CCCCC21. The lowest BCUT2D eigenvalue weighted by molar-refractivity contribution is -0.125. The zero-order valence-electron chi connectivity index (χ0n) is 9.68. The van der Waals surface area contributed by atoms with Gasteiger partial charge < -0.3 is 5.32 Å². The van der Waals surface area contributed by atoms with Gasteiger partial charge in [-0.2, -0.15) is 0 Å². The maximum Gasteiger partial charge on any atom is 0.224 e. The van der Waals surface area contributed by atoms with Crippen LogP contribution in [0.2, 0.25) is 0 Å². The molecule has 3 saturated carbocycles. The third-order valence-corrected chi connectivity index (χ3v) is 5.43. The summed E-state index contributed by atoms with van der Waals surface area (Å²) in [7, 11) is 0. The summed E-state index contributed by atoms with van der Waals surface area (Å²) in [5, 5.41) is 3.23. The summed E-state index contributed by atoms with van der Waals surface area (Å²) in [5.41, 5.74) is -0.0373. The number of carbonyl (C=O) groups is 1. The van der Waals surface area contributed by atoms with E-state index in [0.717, 1.165) is 12.8 Å². The van der Waals surface area contributed by atoms with Gasteiger partial charge in [-0.3, -0.25) is 4.79 Å². The minimum atomic E-state index is -0.0373. The van der Waals surface area contributed by atoms with E-state index in [9.17, 15) is 4.79 Å². The minimum absolute atomic E-state index is 0.0373. The van der Waals surface area contributed by atoms with E-state index in [-0.39, 0.29) is 5.54 Å². The second kappa shape index (κ2) is 3.90. The third-order valence-electron chi connectivity index (χ3n) is 4.91. The Morgan fingerprint density at radius 1 is 1.19 bits per heavy atom. The summed E-state index contributed by atoms with van der Waals surface area (Å²) < 4.78 is 0. The zero-order valence-corrected chi connectivity index (χ0v) is 10.4. The van der Waals surface area contributed by atoms with Crippen molar-refractivity contribution in [1.29, 1.82) is 0 Å². The monoisotopic (exact) mass is 241 g/mol. The summed E-state index contributed by atoms with van der Waals surface area (Å²) in [5.74, 6) is 2.64. The van der Waals surface area contributed by atoms with Crippen LogP contribution < -0.4 is 5.32 Å². The number of rotatable bonds is 3. The number of halogens is 1. The molecule has 0 bridgehead atoms. The van der Waals surface area contributed by atoms with Crippen molar-refractivity contribution in [3.05, 3.63) is 0 Å². The quantitative estimate of drug-likeness (QED) is 0.757. The fourth-order valence-electron chi connectivity index (χ4n) is 3.62. The summed E-state index contributed by atoms with van der Waals surface area (Å²) >= 11 is 5.97. The number of alkyl halides is 1. The molecule has 0 aromatic heterocycles. The number of hydrogen-bond donors (Lipinski definition) is 1. The van der Waals surface area contributed by atoms with Crippen LogP contribution in [0.4, 0.5) is 0 Å². The van der Waals surface area contributed by atoms with Crippen LogP contribution in [-0.2, 0) is 4.79 Å². The van der Waals surface area contributed by atoms with Crippen molar-refractivity contribution in [3.8, 4) is 0 Å². The second-order valence-corrected chi connectivity index (χ2v) is 6.16. The molecule has 3 fully saturated rings. The highest BCUT2D eigenvalue weighted by Gasteiger charge is 2.55. The largest absolute Gasteiger partial charge is 0.349 e. The van der Waals surface area contributed by atoms with Crippen molar-refractivity contribution in [1.82, 2.24) is 5.32 Å². The first-order chi connectivity index (χ1) is 7.76. The van der Waals surface area contributed by atoms with E-state index in [2.05, 4.69) is 5.32 Å². The van der Waals surface area contributed by atoms with Gasteiger partial charge in [0.05, 0.1) is 5.54 Å². The molecule has 0 heterocycles. The molecule has 0 aliphatic heterocycles. The predicted octanol–water partition coefficient (Wildman–Crippen LogP) is 2.70. The van der Waals surface area contributed by atoms with E-state index >= 15 is 0 Å². The number of amides is 1. The summed E-state index contributed by atoms with van der Waals surface area (Å²) in [6, 6.07) is 0. The Morgan fingerprint density at radius 3 is 2.25 bits per heavy atom. The summed E-state index contributed by atoms with van der Waals surface area (Å²) in [6.07, 6.45) is 8.56. The lowest BCUT2D eigenvalue weighted by Crippen LogP contribution is -2.55. The highest BCUT2D eigenvalue weighted by atomic mass is 35.5. The van der Waals surface area contributed by atoms with Crippen LogP contribution in [0.3, 0.4) is 0 Å². The molecule has 0 saturated heterocycles. The smallest absolute Gasteiger partial charge is 0.224 e. The first-order valence-electron chi connectivity index (χ1n) is 6.64. The Bertz CT molecular complexity index is 283. The van der Waals surface area contributed by atoms with Crippen LogP contribution in [0.1, 0.15) is 44.9 Å². The van der Waals surface area contributed by atoms with Gasteiger partial charge >= 0.3 is 0 Å². The molecule has 2 unspecified atom stereocenters. The molecule has 0 radical (unpaired) electrons. The molecule has 0 aromatic carbocycles. The van der Waals surface area contributed by atoms with Gasteiger partial charge in [0.25, 0.3) is 0 Å². The number of carbonyl (C=O) groups excluding carboxylic acids is 1. The molecule has 2 nitrogen and oxygen atoms in total. The van der Waals surface area contributed by atoms with Crippen molar-refractivity contribution in [3.63, 3.8) is 0 Å². The van der Waals surface area contributed by atoms with Gasteiger partial charge in [-0.1, -0.05) is 12.8 Å². The minimum Gasteiger partial charge on any atom is -0.349 e. The average Bonchev–Trinajstić information content (AvgIpc) is 2.97. The van der Waals surface area contributed by atoms with Crippen LogP contribution in [-0.4, -0.2) is 17.3 Å². The molecule has 16 heavy (non-hydrogen) atoms. The van der Waals surface area contributed by atoms with Crippen LogP contribution in [0.25, 0.3) is 0 Å². The predicted molar refractivity (Wildman–Crippen MR) is 64.4 cm³/mol. The molecule has 3 aliphatic rings. The molecular weight excluding hydrogens is 222 g/mol. The standard InChI is InChI=1S/C13H20ClNO/c14-8-13(6-3-7-13)15-12(16)11-9-4-1-2-5-10(9)11/h9-11H,1-8H2,(H,15,16). The molecule has 90 valence electrons. The van der Waals surface area contributed by atoms with Gasteiger partial charge in [-0.05, 0) is 43.9 Å². The van der Waals surface area contributed by atoms with Crippen molar-refractivity contribution in [2.24, 2.45) is 17.8 Å². The first-order valence-corrected chi connectivity index (χ1v) is 7.17. The molecule has 3 aliphatic carbocycles. The Morgan fingerprint density at radius 2 is 1.81 bits per heavy atom. The molecular formula is C13H20ClNO. The Labute approximate surface area is 102 Å². The Kier molecular flexibility index (Phi) is 2.66. The van der Waals surface area contributed by atoms with Gasteiger partial charge in [-0.25, -0.2) is 0 Å². The van der Waals surface area contributed by atoms with Gasteiger partial charge in [0.2, 0.25) is 5.91 Å². The molecule has 3 rings (SSSR count). The van der Waals surface area contributed by atoms with E-state index in [1.54, 1.807) is 0 Å². The lowest BCUT2D eigenvalue weighted by Gasteiger charge is -2.41. The normalized spacial score (nSPS) is 39.4. The van der Waals surface area contributed by atoms with Crippen LogP contribution in [0.15, 0.2) is 0 Å². The van der Waals surface area contributed by atoms with Crippen molar-refractivity contribution in [2.45, 2.75) is 50.5 Å². The fourth-order valence-corrected chi connectivity index (χ4v) is 3.96. The van der Waals surface area contributed by atoms with E-state index in [1.165, 1.54) is 32.1 Å². The highest BCUT2D eigenvalue weighted by Crippen LogP contribution is 2.55. The molecule has 1 N–H and O–H groups in total.